The quantitative estimate of drug-likeness (QED) is 0.677. The summed E-state index contributed by atoms with van der Waals surface area (Å²) >= 11 is 0. The van der Waals surface area contributed by atoms with E-state index in [0.717, 1.165) is 32.5 Å². The van der Waals surface area contributed by atoms with Gasteiger partial charge in [-0.15, -0.1) is 0 Å². The molecule has 102 valence electrons. The maximum Gasteiger partial charge on any atom is 0.208 e. The molecule has 1 aliphatic heterocycles. The molecule has 0 aromatic rings. The van der Waals surface area contributed by atoms with E-state index in [0.29, 0.717) is 12.6 Å². The third-order valence-corrected chi connectivity index (χ3v) is 3.60. The highest BCUT2D eigenvalue weighted by Crippen LogP contribution is 2.13. The highest BCUT2D eigenvalue weighted by atomic mass is 32.2. The van der Waals surface area contributed by atoms with E-state index in [1.54, 1.807) is 0 Å². The van der Waals surface area contributed by atoms with Crippen LogP contribution in [0.2, 0.25) is 0 Å². The summed E-state index contributed by atoms with van der Waals surface area (Å²) in [5.74, 6) is 0. The van der Waals surface area contributed by atoms with E-state index in [4.69, 9.17) is 4.74 Å². The second kappa shape index (κ2) is 7.31. The van der Waals surface area contributed by atoms with Crippen LogP contribution in [0.1, 0.15) is 25.7 Å². The molecule has 0 aromatic heterocycles. The zero-order valence-corrected chi connectivity index (χ0v) is 11.6. The first-order valence-electron chi connectivity index (χ1n) is 6.22. The Morgan fingerprint density at radius 3 is 2.76 bits per heavy atom. The van der Waals surface area contributed by atoms with Gasteiger partial charge in [-0.3, -0.25) is 0 Å². The molecule has 1 aliphatic rings. The Bertz CT molecular complexity index is 300. The van der Waals surface area contributed by atoms with E-state index < -0.39 is 10.0 Å². The van der Waals surface area contributed by atoms with E-state index >= 15 is 0 Å². The van der Waals surface area contributed by atoms with Crippen molar-refractivity contribution in [2.24, 2.45) is 0 Å². The fraction of sp³-hybridized carbons (Fsp3) is 1.00. The fourth-order valence-corrected chi connectivity index (χ4v) is 2.51. The van der Waals surface area contributed by atoms with Gasteiger partial charge in [0.15, 0.2) is 0 Å². The molecule has 0 bridgehead atoms. The third-order valence-electron chi connectivity index (χ3n) is 2.87. The van der Waals surface area contributed by atoms with Crippen LogP contribution >= 0.6 is 0 Å². The molecule has 1 fully saturated rings. The summed E-state index contributed by atoms with van der Waals surface area (Å²) in [6.45, 7) is 3.23. The Labute approximate surface area is 105 Å². The first kappa shape index (κ1) is 14.9. The Kier molecular flexibility index (Phi) is 6.40. The van der Waals surface area contributed by atoms with Gasteiger partial charge in [-0.1, -0.05) is 0 Å². The van der Waals surface area contributed by atoms with Crippen molar-refractivity contribution in [3.63, 3.8) is 0 Å². The normalized spacial score (nSPS) is 21.9. The monoisotopic (exact) mass is 264 g/mol. The van der Waals surface area contributed by atoms with Gasteiger partial charge in [-0.25, -0.2) is 13.1 Å². The molecular formula is C11H24N2O3S. The third kappa shape index (κ3) is 7.70. The van der Waals surface area contributed by atoms with Crippen LogP contribution in [-0.2, 0) is 14.8 Å². The topological polar surface area (TPSA) is 58.6 Å². The predicted molar refractivity (Wildman–Crippen MR) is 68.6 cm³/mol. The SMILES string of the molecule is CN(CCCNS(C)(=O)=O)C[C@H]1CCCCO1. The van der Waals surface area contributed by atoms with Crippen molar-refractivity contribution in [1.29, 1.82) is 0 Å². The minimum atomic E-state index is -3.04. The Morgan fingerprint density at radius 1 is 1.41 bits per heavy atom. The average Bonchev–Trinajstić information content (AvgIpc) is 2.25. The summed E-state index contributed by atoms with van der Waals surface area (Å²) in [4.78, 5) is 2.21. The molecule has 5 nitrogen and oxygen atoms in total. The van der Waals surface area contributed by atoms with Crippen LogP contribution in [-0.4, -0.2) is 59.0 Å². The lowest BCUT2D eigenvalue weighted by molar-refractivity contribution is -0.00148. The van der Waals surface area contributed by atoms with E-state index in [1.807, 2.05) is 0 Å². The van der Waals surface area contributed by atoms with Gasteiger partial charge in [-0.2, -0.15) is 0 Å². The Balaban J connectivity index is 2.06. The molecule has 17 heavy (non-hydrogen) atoms. The highest BCUT2D eigenvalue weighted by molar-refractivity contribution is 7.88. The van der Waals surface area contributed by atoms with Crippen LogP contribution in [0.5, 0.6) is 0 Å². The van der Waals surface area contributed by atoms with Gasteiger partial charge in [0.1, 0.15) is 0 Å². The van der Waals surface area contributed by atoms with Crippen LogP contribution < -0.4 is 4.72 Å². The van der Waals surface area contributed by atoms with Gasteiger partial charge in [0.25, 0.3) is 0 Å². The average molecular weight is 264 g/mol. The maximum atomic E-state index is 10.8. The lowest BCUT2D eigenvalue weighted by Gasteiger charge is -2.27. The molecule has 0 saturated carbocycles. The summed E-state index contributed by atoms with van der Waals surface area (Å²) < 4.78 is 29.8. The molecular weight excluding hydrogens is 240 g/mol. The molecule has 0 spiro atoms. The molecule has 1 saturated heterocycles. The smallest absolute Gasteiger partial charge is 0.208 e. The number of nitrogens with one attached hydrogen (secondary N) is 1. The number of rotatable bonds is 7. The molecule has 0 radical (unpaired) electrons. The van der Waals surface area contributed by atoms with Crippen molar-refractivity contribution in [3.05, 3.63) is 0 Å². The molecule has 1 N–H and O–H groups in total. The minimum absolute atomic E-state index is 0.358. The Hall–Kier alpha value is -0.170. The van der Waals surface area contributed by atoms with Crippen LogP contribution in [0, 0.1) is 0 Å². The van der Waals surface area contributed by atoms with Crippen LogP contribution in [0.4, 0.5) is 0 Å². The zero-order chi connectivity index (χ0) is 12.7. The minimum Gasteiger partial charge on any atom is -0.377 e. The second-order valence-corrected chi connectivity index (χ2v) is 6.60. The van der Waals surface area contributed by atoms with E-state index in [2.05, 4.69) is 16.7 Å². The number of likely N-dealkylation sites (N-methyl/N-ethyl adjacent to an activating group) is 1. The standard InChI is InChI=1S/C11H24N2O3S/c1-13(8-5-7-12-17(2,14)15)10-11-6-3-4-9-16-11/h11-12H,3-10H2,1-2H3/t11-/m1/s1. The van der Waals surface area contributed by atoms with Crippen molar-refractivity contribution in [2.45, 2.75) is 31.8 Å². The van der Waals surface area contributed by atoms with Gasteiger partial charge in [0.05, 0.1) is 12.4 Å². The number of hydrogen-bond donors (Lipinski definition) is 1. The van der Waals surface area contributed by atoms with Crippen LogP contribution in [0.15, 0.2) is 0 Å². The fourth-order valence-electron chi connectivity index (χ4n) is 2.00. The second-order valence-electron chi connectivity index (χ2n) is 4.77. The summed E-state index contributed by atoms with van der Waals surface area (Å²) in [5, 5.41) is 0. The number of sulfonamides is 1. The predicted octanol–water partition coefficient (Wildman–Crippen LogP) is 0.427. The van der Waals surface area contributed by atoms with Gasteiger partial charge >= 0.3 is 0 Å². The molecule has 0 unspecified atom stereocenters. The lowest BCUT2D eigenvalue weighted by atomic mass is 10.1. The Morgan fingerprint density at radius 2 is 2.18 bits per heavy atom. The van der Waals surface area contributed by atoms with Gasteiger partial charge in [0, 0.05) is 19.7 Å². The van der Waals surface area contributed by atoms with Crippen molar-refractivity contribution >= 4 is 10.0 Å². The van der Waals surface area contributed by atoms with Crippen molar-refractivity contribution < 1.29 is 13.2 Å². The lowest BCUT2D eigenvalue weighted by Crippen LogP contribution is -2.35. The first-order chi connectivity index (χ1) is 7.97. The molecule has 0 aliphatic carbocycles. The highest BCUT2D eigenvalue weighted by Gasteiger charge is 2.15. The molecule has 0 aromatic carbocycles. The first-order valence-corrected chi connectivity index (χ1v) is 8.11. The molecule has 6 heteroatoms. The number of hydrogen-bond acceptors (Lipinski definition) is 4. The number of ether oxygens (including phenoxy) is 1. The molecule has 1 rings (SSSR count). The summed E-state index contributed by atoms with van der Waals surface area (Å²) in [5.41, 5.74) is 0. The van der Waals surface area contributed by atoms with Gasteiger partial charge in [0.2, 0.25) is 10.0 Å². The summed E-state index contributed by atoms with van der Waals surface area (Å²) in [6, 6.07) is 0. The number of nitrogens with zero attached hydrogens (tertiary/aromatic N) is 1. The summed E-state index contributed by atoms with van der Waals surface area (Å²) in [6.07, 6.45) is 5.96. The van der Waals surface area contributed by atoms with E-state index in [-0.39, 0.29) is 0 Å². The van der Waals surface area contributed by atoms with Crippen LogP contribution in [0.25, 0.3) is 0 Å². The zero-order valence-electron chi connectivity index (χ0n) is 10.8. The molecule has 1 heterocycles. The van der Waals surface area contributed by atoms with Crippen molar-refractivity contribution in [3.8, 4) is 0 Å². The largest absolute Gasteiger partial charge is 0.377 e. The molecule has 1 atom stereocenters. The van der Waals surface area contributed by atoms with E-state index in [1.165, 1.54) is 19.1 Å². The van der Waals surface area contributed by atoms with Crippen LogP contribution in [0.3, 0.4) is 0 Å². The van der Waals surface area contributed by atoms with Crippen molar-refractivity contribution in [1.82, 2.24) is 9.62 Å². The summed E-state index contributed by atoms with van der Waals surface area (Å²) in [7, 11) is -0.988. The van der Waals surface area contributed by atoms with Gasteiger partial charge < -0.3 is 9.64 Å². The van der Waals surface area contributed by atoms with Crippen molar-refractivity contribution in [2.75, 3.05) is 39.5 Å². The molecule has 0 amide bonds. The van der Waals surface area contributed by atoms with E-state index in [9.17, 15) is 8.42 Å². The van der Waals surface area contributed by atoms with Gasteiger partial charge in [-0.05, 0) is 39.3 Å². The maximum absolute atomic E-state index is 10.8.